The number of hydrogen-bond acceptors (Lipinski definition) is 8. The smallest absolute Gasteiger partial charge is 0.267 e. The van der Waals surface area contributed by atoms with Crippen molar-refractivity contribution < 1.29 is 14.0 Å². The number of amides is 2. The summed E-state index contributed by atoms with van der Waals surface area (Å²) in [7, 11) is 0. The Morgan fingerprint density at radius 2 is 1.85 bits per heavy atom. The molecule has 0 spiro atoms. The Kier molecular flexibility index (Phi) is 5.10. The van der Waals surface area contributed by atoms with Gasteiger partial charge in [0.2, 0.25) is 5.91 Å². The fourth-order valence-corrected chi connectivity index (χ4v) is 4.25. The third-order valence-electron chi connectivity index (χ3n) is 3.38. The Morgan fingerprint density at radius 3 is 2.63 bits per heavy atom. The largest absolute Gasteiger partial charge is 0.463 e. The van der Waals surface area contributed by atoms with E-state index < -0.39 is 0 Å². The molecule has 4 aromatic heterocycles. The van der Waals surface area contributed by atoms with E-state index in [0.717, 1.165) is 0 Å². The van der Waals surface area contributed by atoms with E-state index in [9.17, 15) is 9.59 Å². The van der Waals surface area contributed by atoms with Crippen molar-refractivity contribution >= 4 is 56.1 Å². The third kappa shape index (κ3) is 4.30. The first-order chi connectivity index (χ1) is 13.2. The van der Waals surface area contributed by atoms with Crippen LogP contribution in [0, 0.1) is 0 Å². The van der Waals surface area contributed by atoms with Gasteiger partial charge in [-0.25, -0.2) is 9.97 Å². The number of anilines is 2. The first-order valence-electron chi connectivity index (χ1n) is 7.76. The minimum absolute atomic E-state index is 0.0983. The van der Waals surface area contributed by atoms with Gasteiger partial charge in [-0.1, -0.05) is 6.07 Å². The predicted octanol–water partition coefficient (Wildman–Crippen LogP) is 4.35. The van der Waals surface area contributed by atoms with Crippen LogP contribution in [0.2, 0.25) is 0 Å². The second kappa shape index (κ2) is 7.82. The average molecular weight is 417 g/mol. The van der Waals surface area contributed by atoms with Crippen LogP contribution >= 0.6 is 34.0 Å². The molecule has 2 amide bonds. The molecule has 0 aliphatic heterocycles. The zero-order valence-corrected chi connectivity index (χ0v) is 16.1. The molecule has 0 saturated carbocycles. The topological polar surface area (TPSA) is 97.1 Å². The van der Waals surface area contributed by atoms with Gasteiger partial charge in [0.05, 0.1) is 23.3 Å². The maximum atomic E-state index is 12.2. The van der Waals surface area contributed by atoms with Gasteiger partial charge in [0.15, 0.2) is 16.0 Å². The molecule has 10 heteroatoms. The van der Waals surface area contributed by atoms with Crippen LogP contribution in [-0.2, 0) is 11.2 Å². The summed E-state index contributed by atoms with van der Waals surface area (Å²) in [6.45, 7) is 0. The first kappa shape index (κ1) is 17.6. The van der Waals surface area contributed by atoms with E-state index in [0.29, 0.717) is 32.3 Å². The van der Waals surface area contributed by atoms with Gasteiger partial charge in [-0.05, 0) is 23.6 Å². The summed E-state index contributed by atoms with van der Waals surface area (Å²) >= 11 is 3.96. The highest BCUT2D eigenvalue weighted by molar-refractivity contribution is 7.14. The molecule has 7 nitrogen and oxygen atoms in total. The molecule has 4 heterocycles. The van der Waals surface area contributed by atoms with Crippen LogP contribution < -0.4 is 10.6 Å². The molecule has 0 aliphatic rings. The predicted molar refractivity (Wildman–Crippen MR) is 107 cm³/mol. The molecule has 0 atom stereocenters. The van der Waals surface area contributed by atoms with E-state index in [4.69, 9.17) is 4.42 Å². The minimum Gasteiger partial charge on any atom is -0.463 e. The lowest BCUT2D eigenvalue weighted by molar-refractivity contribution is -0.115. The van der Waals surface area contributed by atoms with Gasteiger partial charge in [0, 0.05) is 10.8 Å². The minimum atomic E-state index is -0.225. The van der Waals surface area contributed by atoms with Gasteiger partial charge < -0.3 is 9.73 Å². The molecule has 27 heavy (non-hydrogen) atoms. The summed E-state index contributed by atoms with van der Waals surface area (Å²) in [5.74, 6) is 0.220. The van der Waals surface area contributed by atoms with E-state index in [-0.39, 0.29) is 18.2 Å². The van der Waals surface area contributed by atoms with Crippen molar-refractivity contribution in [1.29, 1.82) is 0 Å². The van der Waals surface area contributed by atoms with Gasteiger partial charge in [0.1, 0.15) is 5.69 Å². The lowest BCUT2D eigenvalue weighted by Gasteiger charge is -2.00. The summed E-state index contributed by atoms with van der Waals surface area (Å²) in [6, 6.07) is 7.14. The van der Waals surface area contributed by atoms with Crippen LogP contribution in [-0.4, -0.2) is 21.8 Å². The molecule has 0 radical (unpaired) electrons. The monoisotopic (exact) mass is 416 g/mol. The molecule has 4 rings (SSSR count). The number of carbonyl (C=O) groups is 2. The molecule has 0 saturated heterocycles. The molecule has 136 valence electrons. The molecule has 0 aromatic carbocycles. The van der Waals surface area contributed by atoms with Crippen molar-refractivity contribution in [1.82, 2.24) is 9.97 Å². The van der Waals surface area contributed by atoms with Gasteiger partial charge in [-0.3, -0.25) is 14.9 Å². The van der Waals surface area contributed by atoms with Crippen molar-refractivity contribution in [2.45, 2.75) is 6.42 Å². The lowest BCUT2D eigenvalue weighted by atomic mass is 10.3. The van der Waals surface area contributed by atoms with E-state index in [2.05, 4.69) is 20.6 Å². The Hall–Kier alpha value is -2.82. The second-order valence-corrected chi connectivity index (χ2v) is 7.98. The van der Waals surface area contributed by atoms with E-state index in [1.807, 2.05) is 22.9 Å². The highest BCUT2D eigenvalue weighted by Gasteiger charge is 2.13. The zero-order valence-electron chi connectivity index (χ0n) is 13.7. The van der Waals surface area contributed by atoms with Crippen molar-refractivity contribution in [3.63, 3.8) is 0 Å². The summed E-state index contributed by atoms with van der Waals surface area (Å²) in [5.41, 5.74) is 1.26. The van der Waals surface area contributed by atoms with Crippen molar-refractivity contribution in [2.24, 2.45) is 0 Å². The summed E-state index contributed by atoms with van der Waals surface area (Å²) in [6.07, 6.45) is 1.67. The SMILES string of the molecule is O=C(Cc1csc(NC(=O)c2cccs2)n1)Nc1nc(-c2ccco2)cs1. The van der Waals surface area contributed by atoms with Crippen molar-refractivity contribution in [3.05, 3.63) is 57.2 Å². The highest BCUT2D eigenvalue weighted by atomic mass is 32.1. The van der Waals surface area contributed by atoms with Crippen molar-refractivity contribution in [3.8, 4) is 11.5 Å². The molecule has 0 bridgehead atoms. The molecular weight excluding hydrogens is 404 g/mol. The number of nitrogens with zero attached hydrogens (tertiary/aromatic N) is 2. The number of thiazole rings is 2. The number of nitrogens with one attached hydrogen (secondary N) is 2. The molecule has 4 aromatic rings. The maximum Gasteiger partial charge on any atom is 0.267 e. The van der Waals surface area contributed by atoms with Crippen molar-refractivity contribution in [2.75, 3.05) is 10.6 Å². The molecule has 0 aliphatic carbocycles. The van der Waals surface area contributed by atoms with Crippen LogP contribution in [0.4, 0.5) is 10.3 Å². The second-order valence-electron chi connectivity index (χ2n) is 5.32. The third-order valence-corrected chi connectivity index (χ3v) is 5.82. The summed E-state index contributed by atoms with van der Waals surface area (Å²) in [4.78, 5) is 33.5. The number of hydrogen-bond donors (Lipinski definition) is 2. The van der Waals surface area contributed by atoms with E-state index >= 15 is 0 Å². The maximum absolute atomic E-state index is 12.2. The Labute approximate surface area is 165 Å². The normalized spacial score (nSPS) is 10.7. The number of rotatable bonds is 6. The molecular formula is C17H12N4O3S3. The molecule has 0 fully saturated rings. The Balaban J connectivity index is 1.33. The van der Waals surface area contributed by atoms with Gasteiger partial charge >= 0.3 is 0 Å². The quantitative estimate of drug-likeness (QED) is 0.487. The zero-order chi connectivity index (χ0) is 18.6. The fourth-order valence-electron chi connectivity index (χ4n) is 2.21. The van der Waals surface area contributed by atoms with Gasteiger partial charge in [-0.2, -0.15) is 0 Å². The van der Waals surface area contributed by atoms with Crippen LogP contribution in [0.1, 0.15) is 15.4 Å². The lowest BCUT2D eigenvalue weighted by Crippen LogP contribution is -2.15. The number of carbonyl (C=O) groups excluding carboxylic acids is 2. The first-order valence-corrected chi connectivity index (χ1v) is 10.4. The highest BCUT2D eigenvalue weighted by Crippen LogP contribution is 2.25. The number of thiophene rings is 1. The van der Waals surface area contributed by atoms with Gasteiger partial charge in [-0.15, -0.1) is 34.0 Å². The van der Waals surface area contributed by atoms with E-state index in [1.165, 1.54) is 34.0 Å². The van der Waals surface area contributed by atoms with E-state index in [1.54, 1.807) is 23.8 Å². The Bertz CT molecular complexity index is 1050. The molecule has 0 unspecified atom stereocenters. The summed E-state index contributed by atoms with van der Waals surface area (Å²) in [5, 5.41) is 11.8. The Morgan fingerprint density at radius 1 is 1.00 bits per heavy atom. The van der Waals surface area contributed by atoms with Crippen LogP contribution in [0.25, 0.3) is 11.5 Å². The number of furan rings is 1. The fraction of sp³-hybridized carbons (Fsp3) is 0.0588. The number of aromatic nitrogens is 2. The summed E-state index contributed by atoms with van der Waals surface area (Å²) < 4.78 is 5.28. The standard InChI is InChI=1S/C17H12N4O3S3/c22-14(20-17-19-11(9-27-17)12-3-1-5-24-12)7-10-8-26-16(18-10)21-15(23)13-4-2-6-25-13/h1-6,8-9H,7H2,(H,18,21,23)(H,19,20,22). The van der Waals surface area contributed by atoms with Crippen LogP contribution in [0.5, 0.6) is 0 Å². The average Bonchev–Trinajstić information content (AvgIpc) is 3.43. The van der Waals surface area contributed by atoms with Crippen LogP contribution in [0.3, 0.4) is 0 Å². The van der Waals surface area contributed by atoms with Gasteiger partial charge in [0.25, 0.3) is 5.91 Å². The molecule has 2 N–H and O–H groups in total. The van der Waals surface area contributed by atoms with Crippen LogP contribution in [0.15, 0.2) is 51.1 Å².